The maximum Gasteiger partial charge on any atom is 0.412 e. The fraction of sp³-hybridized carbons (Fsp3) is 0.273. The molecule has 0 spiro atoms. The van der Waals surface area contributed by atoms with Crippen LogP contribution in [0, 0.1) is 0 Å². The summed E-state index contributed by atoms with van der Waals surface area (Å²) in [5, 5.41) is 5.14. The van der Waals surface area contributed by atoms with Crippen molar-refractivity contribution in [3.8, 4) is 0 Å². The van der Waals surface area contributed by atoms with E-state index < -0.39 is 23.5 Å². The quantitative estimate of drug-likeness (QED) is 0.499. The van der Waals surface area contributed by atoms with Gasteiger partial charge in [-0.3, -0.25) is 19.7 Å². The summed E-state index contributed by atoms with van der Waals surface area (Å²) >= 11 is 0. The monoisotopic (exact) mass is 426 g/mol. The molecule has 9 nitrogen and oxygen atoms in total. The van der Waals surface area contributed by atoms with Crippen LogP contribution in [0.3, 0.4) is 0 Å². The molecule has 1 atom stereocenters. The second kappa shape index (κ2) is 12.0. The van der Waals surface area contributed by atoms with E-state index in [0.29, 0.717) is 6.42 Å². The molecule has 0 bridgehead atoms. The molecule has 0 aliphatic heterocycles. The number of carbonyl (C=O) groups excluding carboxylic acids is 3. The van der Waals surface area contributed by atoms with Crippen LogP contribution in [0.25, 0.3) is 0 Å². The molecule has 0 saturated heterocycles. The van der Waals surface area contributed by atoms with E-state index >= 15 is 0 Å². The highest BCUT2D eigenvalue weighted by molar-refractivity contribution is 5.84. The number of primary amides is 1. The van der Waals surface area contributed by atoms with Gasteiger partial charge < -0.3 is 20.4 Å². The average Bonchev–Trinajstić information content (AvgIpc) is 2.74. The Labute approximate surface area is 179 Å². The molecule has 1 aromatic carbocycles. The van der Waals surface area contributed by atoms with Crippen LogP contribution < -0.4 is 21.9 Å². The Morgan fingerprint density at radius 1 is 1.16 bits per heavy atom. The van der Waals surface area contributed by atoms with Gasteiger partial charge in [-0.05, 0) is 31.0 Å². The number of carbonyl (C=O) groups is 3. The van der Waals surface area contributed by atoms with E-state index in [9.17, 15) is 19.2 Å². The molecule has 0 aliphatic rings. The second-order valence-electron chi connectivity index (χ2n) is 6.75. The van der Waals surface area contributed by atoms with Gasteiger partial charge in [0.15, 0.2) is 0 Å². The lowest BCUT2D eigenvalue weighted by Gasteiger charge is -2.15. The number of allylic oxidation sites excluding steroid dienone is 1. The van der Waals surface area contributed by atoms with Crippen LogP contribution in [0.4, 0.5) is 10.5 Å². The summed E-state index contributed by atoms with van der Waals surface area (Å²) in [4.78, 5) is 47.9. The standard InChI is InChI=1S/C22H26N4O5/c1-2-7-17(11-12-19(23)27)24-20(28)14-26-13-6-10-18(21(26)29)25-22(30)31-15-16-8-4-3-5-9-16/h2-10,13,17H,11-12,14-15H2,1H3,(H2,23,27)(H,24,28)(H,25,30)/b7-2+/t17-/m1/s1. The van der Waals surface area contributed by atoms with Gasteiger partial charge in [-0.25, -0.2) is 4.79 Å². The van der Waals surface area contributed by atoms with E-state index in [0.717, 1.165) is 5.56 Å². The molecule has 1 heterocycles. The van der Waals surface area contributed by atoms with Crippen LogP contribution in [-0.2, 0) is 27.5 Å². The number of nitrogens with zero attached hydrogens (tertiary/aromatic N) is 1. The Hall–Kier alpha value is -3.88. The summed E-state index contributed by atoms with van der Waals surface area (Å²) in [5.41, 5.74) is 5.41. The van der Waals surface area contributed by atoms with Crippen molar-refractivity contribution in [2.75, 3.05) is 5.32 Å². The van der Waals surface area contributed by atoms with Crippen LogP contribution in [0.2, 0.25) is 0 Å². The van der Waals surface area contributed by atoms with Crippen molar-refractivity contribution in [2.24, 2.45) is 5.73 Å². The molecule has 0 radical (unpaired) electrons. The second-order valence-corrected chi connectivity index (χ2v) is 6.75. The van der Waals surface area contributed by atoms with Crippen LogP contribution in [0.5, 0.6) is 0 Å². The minimum absolute atomic E-state index is 0.00732. The third-order valence-electron chi connectivity index (χ3n) is 4.26. The molecule has 0 fully saturated rings. The molecular weight excluding hydrogens is 400 g/mol. The van der Waals surface area contributed by atoms with Gasteiger partial charge in [-0.1, -0.05) is 42.5 Å². The SMILES string of the molecule is C/C=C/[C@H](CCC(N)=O)NC(=O)Cn1cccc(NC(=O)OCc2ccccc2)c1=O. The zero-order valence-corrected chi connectivity index (χ0v) is 17.2. The van der Waals surface area contributed by atoms with Gasteiger partial charge in [0.05, 0.1) is 0 Å². The molecule has 0 aliphatic carbocycles. The first-order chi connectivity index (χ1) is 14.9. The Morgan fingerprint density at radius 2 is 1.90 bits per heavy atom. The highest BCUT2D eigenvalue weighted by Crippen LogP contribution is 2.04. The minimum atomic E-state index is -0.775. The lowest BCUT2D eigenvalue weighted by Crippen LogP contribution is -2.38. The molecule has 31 heavy (non-hydrogen) atoms. The van der Waals surface area contributed by atoms with Crippen molar-refractivity contribution in [2.45, 2.75) is 39.0 Å². The Bertz CT molecular complexity index is 985. The number of aromatic nitrogens is 1. The molecule has 0 unspecified atom stereocenters. The van der Waals surface area contributed by atoms with Crippen molar-refractivity contribution in [3.63, 3.8) is 0 Å². The van der Waals surface area contributed by atoms with E-state index in [1.807, 2.05) is 30.3 Å². The van der Waals surface area contributed by atoms with Gasteiger partial charge in [-0.2, -0.15) is 0 Å². The summed E-state index contributed by atoms with van der Waals surface area (Å²) in [6.07, 6.45) is 4.64. The summed E-state index contributed by atoms with van der Waals surface area (Å²) < 4.78 is 6.28. The highest BCUT2D eigenvalue weighted by Gasteiger charge is 2.14. The Balaban J connectivity index is 1.96. The van der Waals surface area contributed by atoms with Crippen molar-refractivity contribution in [3.05, 3.63) is 76.7 Å². The third-order valence-corrected chi connectivity index (χ3v) is 4.26. The van der Waals surface area contributed by atoms with Crippen molar-refractivity contribution in [1.29, 1.82) is 0 Å². The van der Waals surface area contributed by atoms with E-state index in [-0.39, 0.29) is 31.3 Å². The number of rotatable bonds is 10. The first kappa shape index (κ1) is 23.4. The van der Waals surface area contributed by atoms with Gasteiger partial charge >= 0.3 is 6.09 Å². The van der Waals surface area contributed by atoms with Gasteiger partial charge in [0.2, 0.25) is 11.8 Å². The number of hydrogen-bond donors (Lipinski definition) is 3. The summed E-state index contributed by atoms with van der Waals surface area (Å²) in [6.45, 7) is 1.60. The Kier molecular flexibility index (Phi) is 9.03. The lowest BCUT2D eigenvalue weighted by atomic mass is 10.1. The van der Waals surface area contributed by atoms with Crippen LogP contribution in [0.1, 0.15) is 25.3 Å². The maximum atomic E-state index is 12.6. The summed E-state index contributed by atoms with van der Waals surface area (Å²) in [6, 6.07) is 11.7. The number of amides is 3. The van der Waals surface area contributed by atoms with Crippen LogP contribution >= 0.6 is 0 Å². The third kappa shape index (κ3) is 8.17. The lowest BCUT2D eigenvalue weighted by molar-refractivity contribution is -0.123. The number of nitrogens with one attached hydrogen (secondary N) is 2. The van der Waals surface area contributed by atoms with Crippen molar-refractivity contribution < 1.29 is 19.1 Å². The molecule has 2 aromatic rings. The van der Waals surface area contributed by atoms with E-state index in [1.165, 1.54) is 22.9 Å². The molecule has 4 N–H and O–H groups in total. The smallest absolute Gasteiger partial charge is 0.412 e. The van der Waals surface area contributed by atoms with Crippen LogP contribution in [-0.4, -0.2) is 28.5 Å². The molecule has 0 saturated carbocycles. The molecule has 164 valence electrons. The number of benzene rings is 1. The Morgan fingerprint density at radius 3 is 2.58 bits per heavy atom. The number of pyridine rings is 1. The predicted molar refractivity (Wildman–Crippen MR) is 116 cm³/mol. The molecule has 1 aromatic heterocycles. The van der Waals surface area contributed by atoms with E-state index in [2.05, 4.69) is 10.6 Å². The summed E-state index contributed by atoms with van der Waals surface area (Å²) in [7, 11) is 0. The molecule has 3 amide bonds. The van der Waals surface area contributed by atoms with E-state index in [4.69, 9.17) is 10.5 Å². The fourth-order valence-electron chi connectivity index (χ4n) is 2.78. The predicted octanol–water partition coefficient (Wildman–Crippen LogP) is 1.92. The number of anilines is 1. The highest BCUT2D eigenvalue weighted by atomic mass is 16.5. The van der Waals surface area contributed by atoms with Gasteiger partial charge in [-0.15, -0.1) is 0 Å². The average molecular weight is 426 g/mol. The van der Waals surface area contributed by atoms with E-state index in [1.54, 1.807) is 19.1 Å². The molecule has 2 rings (SSSR count). The fourth-order valence-corrected chi connectivity index (χ4v) is 2.78. The van der Waals surface area contributed by atoms with Crippen LogP contribution in [0.15, 0.2) is 65.6 Å². The first-order valence-corrected chi connectivity index (χ1v) is 9.76. The maximum absolute atomic E-state index is 12.6. The molecular formula is C22H26N4O5. The largest absolute Gasteiger partial charge is 0.444 e. The van der Waals surface area contributed by atoms with Gasteiger partial charge in [0.25, 0.3) is 5.56 Å². The first-order valence-electron chi connectivity index (χ1n) is 9.76. The number of ether oxygens (including phenoxy) is 1. The van der Waals surface area contributed by atoms with Gasteiger partial charge in [0, 0.05) is 18.7 Å². The topological polar surface area (TPSA) is 133 Å². The van der Waals surface area contributed by atoms with Gasteiger partial charge in [0.1, 0.15) is 18.8 Å². The zero-order chi connectivity index (χ0) is 22.6. The van der Waals surface area contributed by atoms with Crippen molar-refractivity contribution in [1.82, 2.24) is 9.88 Å². The number of nitrogens with two attached hydrogens (primary N) is 1. The number of hydrogen-bond acceptors (Lipinski definition) is 5. The minimum Gasteiger partial charge on any atom is -0.444 e. The molecule has 9 heteroatoms. The zero-order valence-electron chi connectivity index (χ0n) is 17.2. The normalized spacial score (nSPS) is 11.6. The van der Waals surface area contributed by atoms with Crippen molar-refractivity contribution >= 4 is 23.6 Å². The summed E-state index contributed by atoms with van der Waals surface area (Å²) in [5.74, 6) is -0.878.